The van der Waals surface area contributed by atoms with Crippen molar-refractivity contribution in [2.75, 3.05) is 57.8 Å². The summed E-state index contributed by atoms with van der Waals surface area (Å²) in [6.45, 7) is 7.08. The third kappa shape index (κ3) is 5.00. The van der Waals surface area contributed by atoms with E-state index in [0.29, 0.717) is 12.5 Å². The molecular weight excluding hydrogens is 309 g/mol. The van der Waals surface area contributed by atoms with Crippen LogP contribution in [-0.2, 0) is 9.53 Å². The number of carbonyl (C=O) groups is 1. The van der Waals surface area contributed by atoms with E-state index < -0.39 is 5.82 Å². The summed E-state index contributed by atoms with van der Waals surface area (Å²) in [5.41, 5.74) is 0.254. The van der Waals surface area contributed by atoms with Crippen LogP contribution in [0.1, 0.15) is 12.8 Å². The van der Waals surface area contributed by atoms with Crippen molar-refractivity contribution in [1.29, 1.82) is 0 Å². The lowest BCUT2D eigenvalue weighted by Gasteiger charge is -2.35. The average Bonchev–Trinajstić information content (AvgIpc) is 2.60. The smallest absolute Gasteiger partial charge is 0.238 e. The fourth-order valence-electron chi connectivity index (χ4n) is 3.43. The highest BCUT2D eigenvalue weighted by Crippen LogP contribution is 2.19. The zero-order valence-corrected chi connectivity index (χ0v) is 14.0. The number of para-hydroxylation sites is 1. The molecule has 1 aromatic carbocycles. The highest BCUT2D eigenvalue weighted by atomic mass is 19.1. The predicted molar refractivity (Wildman–Crippen MR) is 91.5 cm³/mol. The van der Waals surface area contributed by atoms with Crippen molar-refractivity contribution in [3.63, 3.8) is 0 Å². The molecule has 0 bridgehead atoms. The Kier molecular flexibility index (Phi) is 6.18. The van der Waals surface area contributed by atoms with Gasteiger partial charge in [0.05, 0.1) is 25.4 Å². The van der Waals surface area contributed by atoms with Crippen molar-refractivity contribution in [3.05, 3.63) is 30.1 Å². The Labute approximate surface area is 142 Å². The lowest BCUT2D eigenvalue weighted by atomic mass is 9.96. The van der Waals surface area contributed by atoms with Crippen molar-refractivity contribution in [2.45, 2.75) is 12.8 Å². The molecule has 2 heterocycles. The first-order chi connectivity index (χ1) is 11.7. The summed E-state index contributed by atoms with van der Waals surface area (Å²) >= 11 is 0. The van der Waals surface area contributed by atoms with Crippen LogP contribution in [0.25, 0.3) is 0 Å². The van der Waals surface area contributed by atoms with Crippen LogP contribution in [0.2, 0.25) is 0 Å². The number of benzene rings is 1. The number of nitrogens with zero attached hydrogens (tertiary/aromatic N) is 2. The number of amides is 1. The summed E-state index contributed by atoms with van der Waals surface area (Å²) in [7, 11) is 0. The van der Waals surface area contributed by atoms with Gasteiger partial charge in [0.2, 0.25) is 5.91 Å². The summed E-state index contributed by atoms with van der Waals surface area (Å²) in [6, 6.07) is 6.27. The molecule has 2 aliphatic heterocycles. The number of ether oxygens (including phenoxy) is 1. The molecule has 24 heavy (non-hydrogen) atoms. The molecule has 0 unspecified atom stereocenters. The van der Waals surface area contributed by atoms with E-state index in [0.717, 1.165) is 58.8 Å². The maximum atomic E-state index is 13.6. The van der Waals surface area contributed by atoms with Crippen molar-refractivity contribution in [3.8, 4) is 0 Å². The molecule has 5 nitrogen and oxygen atoms in total. The van der Waals surface area contributed by atoms with Crippen LogP contribution in [0, 0.1) is 11.7 Å². The van der Waals surface area contributed by atoms with Gasteiger partial charge in [0.15, 0.2) is 0 Å². The summed E-state index contributed by atoms with van der Waals surface area (Å²) in [6.07, 6.45) is 2.23. The second-order valence-corrected chi connectivity index (χ2v) is 6.66. The Morgan fingerprint density at radius 1 is 1.12 bits per heavy atom. The minimum Gasteiger partial charge on any atom is -0.379 e. The van der Waals surface area contributed by atoms with E-state index in [4.69, 9.17) is 4.74 Å². The Bertz CT molecular complexity index is 541. The van der Waals surface area contributed by atoms with Crippen LogP contribution in [0.5, 0.6) is 0 Å². The maximum Gasteiger partial charge on any atom is 0.238 e. The quantitative estimate of drug-likeness (QED) is 0.891. The van der Waals surface area contributed by atoms with Gasteiger partial charge >= 0.3 is 0 Å². The number of anilines is 1. The highest BCUT2D eigenvalue weighted by Gasteiger charge is 2.23. The van der Waals surface area contributed by atoms with Crippen LogP contribution in [0.3, 0.4) is 0 Å². The number of piperidine rings is 1. The van der Waals surface area contributed by atoms with Crippen molar-refractivity contribution in [2.24, 2.45) is 5.92 Å². The van der Waals surface area contributed by atoms with Gasteiger partial charge in [-0.1, -0.05) is 12.1 Å². The largest absolute Gasteiger partial charge is 0.379 e. The first-order valence-electron chi connectivity index (χ1n) is 8.77. The molecule has 1 amide bonds. The molecule has 0 aromatic heterocycles. The van der Waals surface area contributed by atoms with Crippen molar-refractivity contribution in [1.82, 2.24) is 9.80 Å². The zero-order valence-electron chi connectivity index (χ0n) is 14.0. The van der Waals surface area contributed by atoms with Gasteiger partial charge in [-0.2, -0.15) is 0 Å². The summed E-state index contributed by atoms with van der Waals surface area (Å²) in [4.78, 5) is 16.7. The molecule has 1 N–H and O–H groups in total. The number of rotatable bonds is 5. The Morgan fingerprint density at radius 2 is 1.83 bits per heavy atom. The predicted octanol–water partition coefficient (Wildman–Crippen LogP) is 1.81. The second kappa shape index (κ2) is 8.55. The van der Waals surface area contributed by atoms with Crippen molar-refractivity contribution >= 4 is 11.6 Å². The first-order valence-corrected chi connectivity index (χ1v) is 8.77. The van der Waals surface area contributed by atoms with E-state index in [1.807, 2.05) is 0 Å². The third-order valence-electron chi connectivity index (χ3n) is 4.84. The molecule has 2 aliphatic rings. The van der Waals surface area contributed by atoms with E-state index in [1.165, 1.54) is 6.07 Å². The lowest BCUT2D eigenvalue weighted by Crippen LogP contribution is -2.44. The Balaban J connectivity index is 1.38. The minimum atomic E-state index is -0.393. The molecule has 6 heteroatoms. The van der Waals surface area contributed by atoms with E-state index in [1.54, 1.807) is 18.2 Å². The van der Waals surface area contributed by atoms with Gasteiger partial charge in [-0.3, -0.25) is 14.6 Å². The highest BCUT2D eigenvalue weighted by molar-refractivity contribution is 5.92. The maximum absolute atomic E-state index is 13.6. The van der Waals surface area contributed by atoms with Gasteiger partial charge < -0.3 is 10.1 Å². The average molecular weight is 335 g/mol. The molecule has 3 rings (SSSR count). The van der Waals surface area contributed by atoms with Crippen LogP contribution >= 0.6 is 0 Å². The van der Waals surface area contributed by atoms with Gasteiger partial charge in [-0.05, 0) is 44.0 Å². The normalized spacial score (nSPS) is 20.9. The molecule has 0 aliphatic carbocycles. The molecule has 2 fully saturated rings. The van der Waals surface area contributed by atoms with E-state index in [-0.39, 0.29) is 11.6 Å². The monoisotopic (exact) mass is 335 g/mol. The molecule has 0 radical (unpaired) electrons. The zero-order chi connectivity index (χ0) is 16.8. The Hall–Kier alpha value is -1.50. The number of nitrogens with one attached hydrogen (secondary N) is 1. The fourth-order valence-corrected chi connectivity index (χ4v) is 3.43. The van der Waals surface area contributed by atoms with E-state index >= 15 is 0 Å². The Morgan fingerprint density at radius 3 is 2.54 bits per heavy atom. The molecule has 0 spiro atoms. The number of likely N-dealkylation sites (tertiary alicyclic amines) is 1. The number of hydrogen-bond donors (Lipinski definition) is 1. The standard InChI is InChI=1S/C18H26FN3O2/c19-16-3-1-2-4-17(16)20-18(23)14-21-7-5-15(6-8-21)13-22-9-11-24-12-10-22/h1-4,15H,5-14H2,(H,20,23). The third-order valence-corrected chi connectivity index (χ3v) is 4.84. The number of carbonyl (C=O) groups excluding carboxylic acids is 1. The van der Waals surface area contributed by atoms with Crippen LogP contribution in [0.4, 0.5) is 10.1 Å². The van der Waals surface area contributed by atoms with Gasteiger partial charge in [-0.15, -0.1) is 0 Å². The van der Waals surface area contributed by atoms with Crippen LogP contribution < -0.4 is 5.32 Å². The summed E-state index contributed by atoms with van der Waals surface area (Å²) in [5.74, 6) is 0.163. The van der Waals surface area contributed by atoms with Gasteiger partial charge in [-0.25, -0.2) is 4.39 Å². The molecule has 0 atom stereocenters. The number of hydrogen-bond acceptors (Lipinski definition) is 4. The molecule has 2 saturated heterocycles. The van der Waals surface area contributed by atoms with Gasteiger partial charge in [0.1, 0.15) is 5.82 Å². The summed E-state index contributed by atoms with van der Waals surface area (Å²) in [5, 5.41) is 2.66. The molecule has 0 saturated carbocycles. The molecular formula is C18H26FN3O2. The van der Waals surface area contributed by atoms with Crippen LogP contribution in [0.15, 0.2) is 24.3 Å². The lowest BCUT2D eigenvalue weighted by molar-refractivity contribution is -0.117. The van der Waals surface area contributed by atoms with Crippen LogP contribution in [-0.4, -0.2) is 68.2 Å². The second-order valence-electron chi connectivity index (χ2n) is 6.66. The topological polar surface area (TPSA) is 44.8 Å². The number of halogens is 1. The van der Waals surface area contributed by atoms with Gasteiger partial charge in [0, 0.05) is 19.6 Å². The minimum absolute atomic E-state index is 0.147. The SMILES string of the molecule is O=C(CN1CCC(CN2CCOCC2)CC1)Nc1ccccc1F. The summed E-state index contributed by atoms with van der Waals surface area (Å²) < 4.78 is 18.9. The van der Waals surface area contributed by atoms with Gasteiger partial charge in [0.25, 0.3) is 0 Å². The van der Waals surface area contributed by atoms with E-state index in [9.17, 15) is 9.18 Å². The molecule has 1 aromatic rings. The van der Waals surface area contributed by atoms with E-state index in [2.05, 4.69) is 15.1 Å². The fraction of sp³-hybridized carbons (Fsp3) is 0.611. The molecule has 132 valence electrons. The van der Waals surface area contributed by atoms with Crippen molar-refractivity contribution < 1.29 is 13.9 Å². The number of morpholine rings is 1. The first kappa shape index (κ1) is 17.3.